The van der Waals surface area contributed by atoms with Crippen molar-refractivity contribution in [2.24, 2.45) is 4.99 Å². The minimum Gasteiger partial charge on any atom is -0.457 e. The summed E-state index contributed by atoms with van der Waals surface area (Å²) in [5.74, 6) is 0.133. The first kappa shape index (κ1) is 14.2. The molecule has 2 aliphatic rings. The predicted molar refractivity (Wildman–Crippen MR) is 90.1 cm³/mol. The SMILES string of the molecule is CC1c2ccccc2C(c2ccc3c(c2)COC3=O)=NC1(C)C. The molecular formula is C20H19NO2. The summed E-state index contributed by atoms with van der Waals surface area (Å²) in [6.07, 6.45) is 0. The lowest BCUT2D eigenvalue weighted by molar-refractivity contribution is 0.0535. The number of cyclic esters (lactones) is 1. The minimum absolute atomic E-state index is 0.158. The van der Waals surface area contributed by atoms with Crippen molar-refractivity contribution in [1.82, 2.24) is 0 Å². The molecule has 2 aromatic carbocycles. The molecule has 0 bridgehead atoms. The van der Waals surface area contributed by atoms with Gasteiger partial charge in [-0.05, 0) is 31.5 Å². The lowest BCUT2D eigenvalue weighted by atomic mass is 9.77. The Morgan fingerprint density at radius 3 is 2.74 bits per heavy atom. The molecule has 23 heavy (non-hydrogen) atoms. The second kappa shape index (κ2) is 4.79. The lowest BCUT2D eigenvalue weighted by Crippen LogP contribution is -2.33. The third-order valence-electron chi connectivity index (χ3n) is 5.10. The molecule has 2 heterocycles. The third kappa shape index (κ3) is 2.11. The van der Waals surface area contributed by atoms with Crippen molar-refractivity contribution in [1.29, 1.82) is 0 Å². The Bertz CT molecular complexity index is 848. The first-order valence-electron chi connectivity index (χ1n) is 7.97. The Labute approximate surface area is 136 Å². The van der Waals surface area contributed by atoms with Crippen LogP contribution in [0.3, 0.4) is 0 Å². The Morgan fingerprint density at radius 1 is 1.13 bits per heavy atom. The molecule has 1 unspecified atom stereocenters. The van der Waals surface area contributed by atoms with Gasteiger partial charge in [0.05, 0.1) is 16.8 Å². The second-order valence-electron chi connectivity index (χ2n) is 6.87. The van der Waals surface area contributed by atoms with Crippen molar-refractivity contribution in [3.63, 3.8) is 0 Å². The van der Waals surface area contributed by atoms with Gasteiger partial charge in [-0.25, -0.2) is 4.79 Å². The zero-order valence-corrected chi connectivity index (χ0v) is 13.6. The van der Waals surface area contributed by atoms with E-state index < -0.39 is 0 Å². The molecule has 2 aromatic rings. The Balaban J connectivity index is 1.90. The molecule has 2 aliphatic heterocycles. The maximum Gasteiger partial charge on any atom is 0.338 e. The van der Waals surface area contributed by atoms with Crippen molar-refractivity contribution in [3.05, 3.63) is 70.3 Å². The number of carbonyl (C=O) groups is 1. The average Bonchev–Trinajstić information content (AvgIpc) is 2.92. The highest BCUT2D eigenvalue weighted by Crippen LogP contribution is 2.39. The molecule has 116 valence electrons. The van der Waals surface area contributed by atoms with Gasteiger partial charge >= 0.3 is 5.97 Å². The van der Waals surface area contributed by atoms with Gasteiger partial charge in [-0.3, -0.25) is 4.99 Å². The number of aliphatic imine (C=N–C) groups is 1. The standard InChI is InChI=1S/C20H19NO2/c1-12-15-6-4-5-7-17(15)18(21-20(12,2)3)13-8-9-16-14(10-13)11-23-19(16)22/h4-10,12H,11H2,1-3H3. The van der Waals surface area contributed by atoms with E-state index in [9.17, 15) is 4.79 Å². The number of carbonyl (C=O) groups excluding carboxylic acids is 1. The molecule has 0 fully saturated rings. The first-order valence-corrected chi connectivity index (χ1v) is 7.97. The normalized spacial score (nSPS) is 21.3. The first-order chi connectivity index (χ1) is 11.0. The predicted octanol–water partition coefficient (Wildman–Crippen LogP) is 4.09. The largest absolute Gasteiger partial charge is 0.457 e. The van der Waals surface area contributed by atoms with E-state index in [1.54, 1.807) is 0 Å². The van der Waals surface area contributed by atoms with E-state index in [0.29, 0.717) is 18.1 Å². The van der Waals surface area contributed by atoms with E-state index in [0.717, 1.165) is 16.8 Å². The van der Waals surface area contributed by atoms with E-state index in [4.69, 9.17) is 9.73 Å². The van der Waals surface area contributed by atoms with E-state index in [1.165, 1.54) is 11.1 Å². The summed E-state index contributed by atoms with van der Waals surface area (Å²) in [5, 5.41) is 0. The summed E-state index contributed by atoms with van der Waals surface area (Å²) in [6.45, 7) is 6.94. The highest BCUT2D eigenvalue weighted by Gasteiger charge is 2.34. The van der Waals surface area contributed by atoms with E-state index in [1.807, 2.05) is 18.2 Å². The summed E-state index contributed by atoms with van der Waals surface area (Å²) >= 11 is 0. The van der Waals surface area contributed by atoms with Crippen LogP contribution in [0.25, 0.3) is 0 Å². The van der Waals surface area contributed by atoms with Crippen LogP contribution in [0.4, 0.5) is 0 Å². The van der Waals surface area contributed by atoms with Crippen molar-refractivity contribution < 1.29 is 9.53 Å². The van der Waals surface area contributed by atoms with Gasteiger partial charge in [0, 0.05) is 22.6 Å². The highest BCUT2D eigenvalue weighted by atomic mass is 16.5. The number of rotatable bonds is 1. The summed E-state index contributed by atoms with van der Waals surface area (Å²) in [7, 11) is 0. The second-order valence-corrected chi connectivity index (χ2v) is 6.87. The molecule has 0 amide bonds. The van der Waals surface area contributed by atoms with Gasteiger partial charge in [-0.1, -0.05) is 37.3 Å². The van der Waals surface area contributed by atoms with Gasteiger partial charge in [0.2, 0.25) is 0 Å². The molecule has 0 saturated carbocycles. The molecule has 0 N–H and O–H groups in total. The minimum atomic E-state index is -0.230. The van der Waals surface area contributed by atoms with Crippen LogP contribution in [-0.4, -0.2) is 17.2 Å². The van der Waals surface area contributed by atoms with Gasteiger partial charge < -0.3 is 4.74 Å². The van der Waals surface area contributed by atoms with Crippen LogP contribution in [-0.2, 0) is 11.3 Å². The molecule has 3 nitrogen and oxygen atoms in total. The fraction of sp³-hybridized carbons (Fsp3) is 0.300. The summed E-state index contributed by atoms with van der Waals surface area (Å²) in [4.78, 5) is 16.7. The molecule has 0 radical (unpaired) electrons. The van der Waals surface area contributed by atoms with Crippen LogP contribution in [0.2, 0.25) is 0 Å². The number of nitrogens with zero attached hydrogens (tertiary/aromatic N) is 1. The van der Waals surface area contributed by atoms with E-state index >= 15 is 0 Å². The zero-order valence-electron chi connectivity index (χ0n) is 13.6. The number of hydrogen-bond acceptors (Lipinski definition) is 3. The number of esters is 1. The monoisotopic (exact) mass is 305 g/mol. The molecule has 0 spiro atoms. The third-order valence-corrected chi connectivity index (χ3v) is 5.10. The Kier molecular flexibility index (Phi) is 2.95. The molecule has 4 rings (SSSR count). The number of hydrogen-bond donors (Lipinski definition) is 0. The van der Waals surface area contributed by atoms with Gasteiger partial charge in [0.1, 0.15) is 6.61 Å². The van der Waals surface area contributed by atoms with Gasteiger partial charge in [-0.2, -0.15) is 0 Å². The summed E-state index contributed by atoms with van der Waals surface area (Å²) in [5.41, 5.74) is 6.03. The fourth-order valence-corrected chi connectivity index (χ4v) is 3.42. The average molecular weight is 305 g/mol. The number of ether oxygens (including phenoxy) is 1. The van der Waals surface area contributed by atoms with Gasteiger partial charge in [-0.15, -0.1) is 0 Å². The highest BCUT2D eigenvalue weighted by molar-refractivity contribution is 6.15. The summed E-state index contributed by atoms with van der Waals surface area (Å²) < 4.78 is 5.11. The van der Waals surface area contributed by atoms with Crippen molar-refractivity contribution in [2.45, 2.75) is 38.8 Å². The smallest absolute Gasteiger partial charge is 0.338 e. The molecule has 1 atom stereocenters. The van der Waals surface area contributed by atoms with Crippen LogP contribution < -0.4 is 0 Å². The number of benzene rings is 2. The van der Waals surface area contributed by atoms with Gasteiger partial charge in [0.25, 0.3) is 0 Å². The maximum absolute atomic E-state index is 11.6. The molecular weight excluding hydrogens is 286 g/mol. The Hall–Kier alpha value is -2.42. The molecule has 0 aromatic heterocycles. The van der Waals surface area contributed by atoms with Crippen LogP contribution in [0.5, 0.6) is 0 Å². The van der Waals surface area contributed by atoms with Gasteiger partial charge in [0.15, 0.2) is 0 Å². The maximum atomic E-state index is 11.6. The van der Waals surface area contributed by atoms with Crippen LogP contribution >= 0.6 is 0 Å². The van der Waals surface area contributed by atoms with E-state index in [-0.39, 0.29) is 11.5 Å². The van der Waals surface area contributed by atoms with Crippen molar-refractivity contribution >= 4 is 11.7 Å². The molecule has 0 saturated heterocycles. The van der Waals surface area contributed by atoms with Crippen LogP contribution in [0.15, 0.2) is 47.5 Å². The molecule has 3 heteroatoms. The zero-order chi connectivity index (χ0) is 16.2. The summed E-state index contributed by atoms with van der Waals surface area (Å²) in [6, 6.07) is 14.3. The van der Waals surface area contributed by atoms with Crippen LogP contribution in [0.1, 0.15) is 59.3 Å². The number of fused-ring (bicyclic) bond motifs is 2. The quantitative estimate of drug-likeness (QED) is 0.744. The van der Waals surface area contributed by atoms with Crippen molar-refractivity contribution in [3.8, 4) is 0 Å². The van der Waals surface area contributed by atoms with E-state index in [2.05, 4.69) is 45.0 Å². The fourth-order valence-electron chi connectivity index (χ4n) is 3.42. The van der Waals surface area contributed by atoms with Crippen molar-refractivity contribution in [2.75, 3.05) is 0 Å². The topological polar surface area (TPSA) is 38.7 Å². The van der Waals surface area contributed by atoms with Crippen LogP contribution in [0, 0.1) is 0 Å². The molecule has 0 aliphatic carbocycles. The Morgan fingerprint density at radius 2 is 1.91 bits per heavy atom. The lowest BCUT2D eigenvalue weighted by Gasteiger charge is -2.35.